The van der Waals surface area contributed by atoms with E-state index < -0.39 is 97.5 Å². The van der Waals surface area contributed by atoms with E-state index in [0.29, 0.717) is 25.7 Å². The fraction of sp³-hybridized carbons (Fsp3) is 0.948. The molecule has 0 aliphatic carbocycles. The van der Waals surface area contributed by atoms with E-state index in [1.165, 1.54) is 186 Å². The van der Waals surface area contributed by atoms with E-state index in [-0.39, 0.29) is 25.7 Å². The SMILES string of the molecule is CCC(C)CCCCCCCCC(=O)OC[C@H](COP(=O)(O)OC[C@H](O)COP(=O)(O)OC[C@@H](COC(=O)CCCCCCCCCCCCCCCCCCCCC(C)C)OC(=O)CCCCCCCCCCCCCCC(C)C)OC(=O)CCCCCCCCC(C)CC. The summed E-state index contributed by atoms with van der Waals surface area (Å²) in [7, 11) is -9.91. The molecule has 0 aliphatic rings. The summed E-state index contributed by atoms with van der Waals surface area (Å²) in [6.45, 7) is 14.2. The van der Waals surface area contributed by atoms with Gasteiger partial charge in [0, 0.05) is 25.7 Å². The number of rotatable bonds is 74. The third-order valence-electron chi connectivity index (χ3n) is 18.5. The average Bonchev–Trinajstić information content (AvgIpc) is 1.94. The molecule has 19 heteroatoms. The maximum absolute atomic E-state index is 13.1. The summed E-state index contributed by atoms with van der Waals surface area (Å²) in [6, 6.07) is 0. The van der Waals surface area contributed by atoms with Gasteiger partial charge in [-0.15, -0.1) is 0 Å². The Bertz CT molecular complexity index is 1890. The highest BCUT2D eigenvalue weighted by molar-refractivity contribution is 7.47. The first-order chi connectivity index (χ1) is 46.2. The fourth-order valence-electron chi connectivity index (χ4n) is 11.7. The van der Waals surface area contributed by atoms with E-state index in [4.69, 9.17) is 37.0 Å². The van der Waals surface area contributed by atoms with Crippen molar-refractivity contribution in [2.75, 3.05) is 39.6 Å². The van der Waals surface area contributed by atoms with Crippen LogP contribution in [0.15, 0.2) is 0 Å². The van der Waals surface area contributed by atoms with Gasteiger partial charge in [-0.2, -0.15) is 0 Å². The van der Waals surface area contributed by atoms with Gasteiger partial charge in [0.05, 0.1) is 26.4 Å². The third kappa shape index (κ3) is 67.9. The number of phosphoric ester groups is 2. The van der Waals surface area contributed by atoms with Crippen molar-refractivity contribution in [3.63, 3.8) is 0 Å². The number of ether oxygens (including phenoxy) is 4. The lowest BCUT2D eigenvalue weighted by molar-refractivity contribution is -0.161. The first kappa shape index (κ1) is 94.1. The molecule has 0 heterocycles. The molecule has 0 aliphatic heterocycles. The molecule has 0 aromatic carbocycles. The van der Waals surface area contributed by atoms with Crippen molar-refractivity contribution in [1.29, 1.82) is 0 Å². The van der Waals surface area contributed by atoms with Crippen LogP contribution in [0.5, 0.6) is 0 Å². The first-order valence-electron chi connectivity index (χ1n) is 39.8. The van der Waals surface area contributed by atoms with Crippen LogP contribution < -0.4 is 0 Å². The van der Waals surface area contributed by atoms with Crippen LogP contribution in [0.1, 0.15) is 389 Å². The van der Waals surface area contributed by atoms with Crippen LogP contribution in [0.3, 0.4) is 0 Å². The molecule has 7 atom stereocenters. The second-order valence-electron chi connectivity index (χ2n) is 29.2. The molecule has 0 saturated heterocycles. The molecule has 0 aromatic heterocycles. The Morgan fingerprint density at radius 1 is 0.292 bits per heavy atom. The van der Waals surface area contributed by atoms with Crippen molar-refractivity contribution in [2.24, 2.45) is 23.7 Å². The summed E-state index contributed by atoms with van der Waals surface area (Å²) in [5.74, 6) is 0.926. The number of esters is 4. The number of carbonyl (C=O) groups excluding carboxylic acids is 4. The zero-order valence-electron chi connectivity index (χ0n) is 63.0. The van der Waals surface area contributed by atoms with Crippen LogP contribution in [0, 0.1) is 23.7 Å². The van der Waals surface area contributed by atoms with Gasteiger partial charge >= 0.3 is 39.5 Å². The normalized spacial score (nSPS) is 14.7. The number of hydrogen-bond donors (Lipinski definition) is 3. The number of aliphatic hydroxyl groups is 1. The Morgan fingerprint density at radius 3 is 0.740 bits per heavy atom. The van der Waals surface area contributed by atoms with Gasteiger partial charge in [0.1, 0.15) is 19.3 Å². The standard InChI is InChI=1S/C77H150O17P2/c1-9-69(7)55-47-39-33-35-42-50-58-75(80)88-64-73(94-77(82)60-52-44-36-34-40-48-56-70(8)10-2)66-92-96(85,86)90-62-71(78)61-89-95(83,84)91-65-72(93-76(81)59-51-43-32-28-24-20-19-22-26-30-38-46-54-68(5)6)63-87-74(79)57-49-41-31-27-23-18-16-14-12-11-13-15-17-21-25-29-37-45-53-67(3)4/h67-73,78H,9-66H2,1-8H3,(H,83,84)(H,85,86)/t69?,70?,71-,72-,73-/m1/s1. The molecule has 4 unspecified atom stereocenters. The van der Waals surface area contributed by atoms with Crippen LogP contribution in [0.25, 0.3) is 0 Å². The van der Waals surface area contributed by atoms with Crippen molar-refractivity contribution in [3.8, 4) is 0 Å². The maximum Gasteiger partial charge on any atom is 0.472 e. The molecule has 3 N–H and O–H groups in total. The molecule has 0 spiro atoms. The second kappa shape index (κ2) is 66.3. The Balaban J connectivity index is 5.19. The van der Waals surface area contributed by atoms with E-state index in [1.807, 2.05) is 0 Å². The van der Waals surface area contributed by atoms with Gasteiger partial charge in [0.2, 0.25) is 0 Å². The fourth-order valence-corrected chi connectivity index (χ4v) is 13.2. The number of phosphoric acid groups is 2. The zero-order valence-corrected chi connectivity index (χ0v) is 64.8. The number of aliphatic hydroxyl groups excluding tert-OH is 1. The minimum Gasteiger partial charge on any atom is -0.462 e. The van der Waals surface area contributed by atoms with Crippen molar-refractivity contribution < 1.29 is 80.2 Å². The predicted molar refractivity (Wildman–Crippen MR) is 391 cm³/mol. The Morgan fingerprint density at radius 2 is 0.500 bits per heavy atom. The minimum atomic E-state index is -4.96. The number of unbranched alkanes of at least 4 members (excludes halogenated alkanes) is 38. The quantitative estimate of drug-likeness (QED) is 0.0222. The highest BCUT2D eigenvalue weighted by atomic mass is 31.2. The number of hydrogen-bond acceptors (Lipinski definition) is 15. The summed E-state index contributed by atoms with van der Waals surface area (Å²) in [5.41, 5.74) is 0. The number of carbonyl (C=O) groups is 4. The third-order valence-corrected chi connectivity index (χ3v) is 20.4. The first-order valence-corrected chi connectivity index (χ1v) is 42.8. The highest BCUT2D eigenvalue weighted by Gasteiger charge is 2.30. The Kier molecular flexibility index (Phi) is 65.0. The summed E-state index contributed by atoms with van der Waals surface area (Å²) in [6.07, 6.45) is 51.6. The topological polar surface area (TPSA) is 237 Å². The average molecular weight is 1410 g/mol. The minimum absolute atomic E-state index is 0.102. The van der Waals surface area contributed by atoms with Crippen molar-refractivity contribution in [1.82, 2.24) is 0 Å². The summed E-state index contributed by atoms with van der Waals surface area (Å²) >= 11 is 0. The lowest BCUT2D eigenvalue weighted by Crippen LogP contribution is -2.30. The molecule has 0 aromatic rings. The molecule has 0 rings (SSSR count). The van der Waals surface area contributed by atoms with Gasteiger partial charge in [-0.3, -0.25) is 37.3 Å². The van der Waals surface area contributed by atoms with Crippen molar-refractivity contribution in [3.05, 3.63) is 0 Å². The molecule has 570 valence electrons. The monoisotopic (exact) mass is 1410 g/mol. The van der Waals surface area contributed by atoms with Crippen LogP contribution in [0.2, 0.25) is 0 Å². The van der Waals surface area contributed by atoms with Gasteiger partial charge < -0.3 is 33.8 Å². The largest absolute Gasteiger partial charge is 0.472 e. The summed E-state index contributed by atoms with van der Waals surface area (Å²) in [4.78, 5) is 72.8. The molecular formula is C77H150O17P2. The van der Waals surface area contributed by atoms with Gasteiger partial charge in [0.15, 0.2) is 12.2 Å². The van der Waals surface area contributed by atoms with Gasteiger partial charge in [-0.1, -0.05) is 338 Å². The molecule has 17 nitrogen and oxygen atoms in total. The molecule has 96 heavy (non-hydrogen) atoms. The lowest BCUT2D eigenvalue weighted by atomic mass is 10.00. The van der Waals surface area contributed by atoms with E-state index in [9.17, 15) is 43.2 Å². The van der Waals surface area contributed by atoms with Gasteiger partial charge in [0.25, 0.3) is 0 Å². The van der Waals surface area contributed by atoms with E-state index >= 15 is 0 Å². The maximum atomic E-state index is 13.1. The molecule has 0 saturated carbocycles. The zero-order chi connectivity index (χ0) is 71.0. The van der Waals surface area contributed by atoms with E-state index in [1.54, 1.807) is 0 Å². The highest BCUT2D eigenvalue weighted by Crippen LogP contribution is 2.45. The predicted octanol–water partition coefficient (Wildman–Crippen LogP) is 22.4. The van der Waals surface area contributed by atoms with Crippen LogP contribution >= 0.6 is 15.6 Å². The summed E-state index contributed by atoms with van der Waals surface area (Å²) in [5, 5.41) is 10.6. The molecule has 0 fully saturated rings. The lowest BCUT2D eigenvalue weighted by Gasteiger charge is -2.21. The Labute approximate surface area is 588 Å². The second-order valence-corrected chi connectivity index (χ2v) is 32.1. The van der Waals surface area contributed by atoms with Crippen LogP contribution in [-0.4, -0.2) is 96.7 Å². The van der Waals surface area contributed by atoms with Crippen LogP contribution in [-0.2, 0) is 65.4 Å². The van der Waals surface area contributed by atoms with Crippen molar-refractivity contribution >= 4 is 39.5 Å². The molecule has 0 bridgehead atoms. The molecule has 0 amide bonds. The van der Waals surface area contributed by atoms with Gasteiger partial charge in [-0.05, 0) is 49.4 Å². The smallest absolute Gasteiger partial charge is 0.462 e. The molecular weight excluding hydrogens is 1260 g/mol. The van der Waals surface area contributed by atoms with Gasteiger partial charge in [-0.25, -0.2) is 9.13 Å². The Hall–Kier alpha value is -1.94. The van der Waals surface area contributed by atoms with E-state index in [2.05, 4.69) is 55.4 Å². The van der Waals surface area contributed by atoms with Crippen molar-refractivity contribution in [2.45, 2.75) is 408 Å². The summed E-state index contributed by atoms with van der Waals surface area (Å²) < 4.78 is 68.5. The van der Waals surface area contributed by atoms with Crippen LogP contribution in [0.4, 0.5) is 0 Å². The molecule has 0 radical (unpaired) electrons. The van der Waals surface area contributed by atoms with E-state index in [0.717, 1.165) is 120 Å².